The van der Waals surface area contributed by atoms with E-state index in [0.29, 0.717) is 5.75 Å². The third-order valence-electron chi connectivity index (χ3n) is 2.35. The van der Waals surface area contributed by atoms with Gasteiger partial charge >= 0.3 is 6.61 Å². The summed E-state index contributed by atoms with van der Waals surface area (Å²) in [4.78, 5) is 0. The Hall–Kier alpha value is -1.36. The number of benzene rings is 1. The highest BCUT2D eigenvalue weighted by atomic mass is 19.3. The largest absolute Gasteiger partial charge is 0.489 e. The number of hydrogen-bond acceptors (Lipinski definition) is 3. The van der Waals surface area contributed by atoms with Gasteiger partial charge in [-0.05, 0) is 25.1 Å². The van der Waals surface area contributed by atoms with Gasteiger partial charge in [0.25, 0.3) is 0 Å². The highest BCUT2D eigenvalue weighted by molar-refractivity contribution is 5.33. The van der Waals surface area contributed by atoms with Gasteiger partial charge in [0, 0.05) is 12.6 Å². The molecule has 1 aromatic rings. The molecule has 0 radical (unpaired) electrons. The Bertz CT molecular complexity index is 341. The number of alkyl halides is 2. The molecule has 16 heavy (non-hydrogen) atoms. The molecule has 0 aromatic heterocycles. The van der Waals surface area contributed by atoms with Crippen molar-refractivity contribution in [2.45, 2.75) is 19.1 Å². The number of rotatable bonds is 4. The first-order chi connectivity index (χ1) is 7.74. The van der Waals surface area contributed by atoms with Crippen molar-refractivity contribution >= 4 is 0 Å². The van der Waals surface area contributed by atoms with Gasteiger partial charge in [0.2, 0.25) is 0 Å². The van der Waals surface area contributed by atoms with Crippen LogP contribution in [0.15, 0.2) is 24.3 Å². The summed E-state index contributed by atoms with van der Waals surface area (Å²) in [5, 5.41) is 3.16. The van der Waals surface area contributed by atoms with Gasteiger partial charge in [-0.1, -0.05) is 6.07 Å². The summed E-state index contributed by atoms with van der Waals surface area (Å²) in [5.74, 6) is 0.685. The Morgan fingerprint density at radius 2 is 2.12 bits per heavy atom. The molecule has 1 saturated heterocycles. The molecule has 2 rings (SSSR count). The molecule has 0 saturated carbocycles. The zero-order valence-electron chi connectivity index (χ0n) is 8.66. The summed E-state index contributed by atoms with van der Waals surface area (Å²) >= 11 is 0. The fourth-order valence-electron chi connectivity index (χ4n) is 1.64. The Labute approximate surface area is 92.4 Å². The molecule has 1 aliphatic heterocycles. The van der Waals surface area contributed by atoms with Gasteiger partial charge < -0.3 is 14.8 Å². The highest BCUT2D eigenvalue weighted by Gasteiger charge is 2.16. The normalized spacial score (nSPS) is 20.1. The topological polar surface area (TPSA) is 30.5 Å². The van der Waals surface area contributed by atoms with E-state index in [4.69, 9.17) is 4.74 Å². The number of nitrogens with one attached hydrogen (secondary N) is 1. The number of halogens is 2. The SMILES string of the molecule is FC(F)Oc1cccc(OC2CCNC2)c1. The van der Waals surface area contributed by atoms with Gasteiger partial charge in [0.15, 0.2) is 0 Å². The monoisotopic (exact) mass is 229 g/mol. The van der Waals surface area contributed by atoms with Crippen LogP contribution in [0.2, 0.25) is 0 Å². The molecule has 88 valence electrons. The minimum absolute atomic E-state index is 0.113. The average Bonchev–Trinajstić information content (AvgIpc) is 2.70. The highest BCUT2D eigenvalue weighted by Crippen LogP contribution is 2.22. The van der Waals surface area contributed by atoms with E-state index in [0.717, 1.165) is 19.5 Å². The Kier molecular flexibility index (Phi) is 3.56. The molecule has 0 bridgehead atoms. The lowest BCUT2D eigenvalue weighted by Crippen LogP contribution is -2.19. The molecule has 1 aromatic carbocycles. The maximum Gasteiger partial charge on any atom is 0.387 e. The lowest BCUT2D eigenvalue weighted by Gasteiger charge is -2.13. The predicted molar refractivity (Wildman–Crippen MR) is 55.0 cm³/mol. The molecule has 1 N–H and O–H groups in total. The van der Waals surface area contributed by atoms with Crippen molar-refractivity contribution in [1.82, 2.24) is 5.32 Å². The quantitative estimate of drug-likeness (QED) is 0.856. The number of hydrogen-bond donors (Lipinski definition) is 1. The van der Waals surface area contributed by atoms with Crippen molar-refractivity contribution < 1.29 is 18.3 Å². The fourth-order valence-corrected chi connectivity index (χ4v) is 1.64. The molecule has 1 heterocycles. The van der Waals surface area contributed by atoms with Crippen molar-refractivity contribution in [3.63, 3.8) is 0 Å². The van der Waals surface area contributed by atoms with E-state index in [2.05, 4.69) is 10.1 Å². The van der Waals surface area contributed by atoms with E-state index in [-0.39, 0.29) is 11.9 Å². The van der Waals surface area contributed by atoms with Crippen LogP contribution in [-0.4, -0.2) is 25.8 Å². The van der Waals surface area contributed by atoms with Gasteiger partial charge in [-0.25, -0.2) is 0 Å². The lowest BCUT2D eigenvalue weighted by atomic mass is 10.3. The standard InChI is InChI=1S/C11H13F2NO2/c12-11(13)16-9-3-1-2-8(6-9)15-10-4-5-14-7-10/h1-3,6,10-11,14H,4-5,7H2. The second-order valence-electron chi connectivity index (χ2n) is 3.59. The minimum atomic E-state index is -2.80. The fraction of sp³-hybridized carbons (Fsp3) is 0.455. The molecule has 0 aliphatic carbocycles. The second kappa shape index (κ2) is 5.12. The predicted octanol–water partition coefficient (Wildman–Crippen LogP) is 2.03. The average molecular weight is 229 g/mol. The van der Waals surface area contributed by atoms with Gasteiger partial charge in [-0.3, -0.25) is 0 Å². The second-order valence-corrected chi connectivity index (χ2v) is 3.59. The first-order valence-electron chi connectivity index (χ1n) is 5.16. The Balaban J connectivity index is 1.97. The summed E-state index contributed by atoms with van der Waals surface area (Å²) in [7, 11) is 0. The minimum Gasteiger partial charge on any atom is -0.489 e. The van der Waals surface area contributed by atoms with Crippen molar-refractivity contribution in [2.75, 3.05) is 13.1 Å². The van der Waals surface area contributed by atoms with Crippen molar-refractivity contribution in [3.8, 4) is 11.5 Å². The van der Waals surface area contributed by atoms with Crippen molar-refractivity contribution in [1.29, 1.82) is 0 Å². The summed E-state index contributed by atoms with van der Waals surface area (Å²) in [6, 6.07) is 6.32. The summed E-state index contributed by atoms with van der Waals surface area (Å²) in [6.45, 7) is -1.08. The van der Waals surface area contributed by atoms with E-state index in [1.807, 2.05) is 0 Å². The molecule has 0 amide bonds. The molecule has 5 heteroatoms. The molecule has 1 fully saturated rings. The van der Waals surface area contributed by atoms with Crippen LogP contribution in [-0.2, 0) is 0 Å². The zero-order chi connectivity index (χ0) is 11.4. The van der Waals surface area contributed by atoms with Crippen LogP contribution >= 0.6 is 0 Å². The van der Waals surface area contributed by atoms with Gasteiger partial charge in [-0.2, -0.15) is 8.78 Å². The van der Waals surface area contributed by atoms with Crippen LogP contribution in [0.5, 0.6) is 11.5 Å². The van der Waals surface area contributed by atoms with Gasteiger partial charge in [0.05, 0.1) is 0 Å². The van der Waals surface area contributed by atoms with E-state index in [1.165, 1.54) is 12.1 Å². The van der Waals surface area contributed by atoms with E-state index in [1.54, 1.807) is 12.1 Å². The smallest absolute Gasteiger partial charge is 0.387 e. The van der Waals surface area contributed by atoms with Crippen LogP contribution in [0.4, 0.5) is 8.78 Å². The molecule has 3 nitrogen and oxygen atoms in total. The summed E-state index contributed by atoms with van der Waals surface area (Å²) in [6.07, 6.45) is 1.04. The third-order valence-corrected chi connectivity index (χ3v) is 2.35. The number of ether oxygens (including phenoxy) is 2. The van der Waals surface area contributed by atoms with Gasteiger partial charge in [-0.15, -0.1) is 0 Å². The molecular weight excluding hydrogens is 216 g/mol. The van der Waals surface area contributed by atoms with Crippen LogP contribution in [0, 0.1) is 0 Å². The Morgan fingerprint density at radius 3 is 2.81 bits per heavy atom. The molecule has 0 spiro atoms. The zero-order valence-corrected chi connectivity index (χ0v) is 8.66. The molecule has 1 unspecified atom stereocenters. The van der Waals surface area contributed by atoms with Crippen LogP contribution in [0.1, 0.15) is 6.42 Å². The van der Waals surface area contributed by atoms with E-state index < -0.39 is 6.61 Å². The van der Waals surface area contributed by atoms with E-state index >= 15 is 0 Å². The van der Waals surface area contributed by atoms with Crippen molar-refractivity contribution in [2.24, 2.45) is 0 Å². The maximum atomic E-state index is 12.0. The van der Waals surface area contributed by atoms with Gasteiger partial charge in [0.1, 0.15) is 17.6 Å². The maximum absolute atomic E-state index is 12.0. The first kappa shape index (κ1) is 11.1. The molecule has 1 atom stereocenters. The van der Waals surface area contributed by atoms with Crippen LogP contribution in [0.3, 0.4) is 0 Å². The Morgan fingerprint density at radius 1 is 1.31 bits per heavy atom. The molecular formula is C11H13F2NO2. The third kappa shape index (κ3) is 3.06. The van der Waals surface area contributed by atoms with Crippen molar-refractivity contribution in [3.05, 3.63) is 24.3 Å². The van der Waals surface area contributed by atoms with E-state index in [9.17, 15) is 8.78 Å². The van der Waals surface area contributed by atoms with Crippen LogP contribution in [0.25, 0.3) is 0 Å². The van der Waals surface area contributed by atoms with Crippen LogP contribution < -0.4 is 14.8 Å². The first-order valence-corrected chi connectivity index (χ1v) is 5.16. The summed E-state index contributed by atoms with van der Waals surface area (Å²) in [5.41, 5.74) is 0. The summed E-state index contributed by atoms with van der Waals surface area (Å²) < 4.78 is 33.9. The lowest BCUT2D eigenvalue weighted by molar-refractivity contribution is -0.0499. The molecule has 1 aliphatic rings.